The third-order valence-electron chi connectivity index (χ3n) is 7.85. The second-order valence-electron chi connectivity index (χ2n) is 11.4. The zero-order chi connectivity index (χ0) is 25.9. The monoisotopic (exact) mass is 486 g/mol. The van der Waals surface area contributed by atoms with Gasteiger partial charge >= 0.3 is 0 Å². The van der Waals surface area contributed by atoms with Crippen LogP contribution in [0.3, 0.4) is 0 Å². The lowest BCUT2D eigenvalue weighted by Gasteiger charge is -2.48. The Morgan fingerprint density at radius 3 is 2.46 bits per heavy atom. The molecule has 7 nitrogen and oxygen atoms in total. The van der Waals surface area contributed by atoms with Crippen molar-refractivity contribution >= 4 is 5.91 Å². The van der Waals surface area contributed by atoms with Gasteiger partial charge < -0.3 is 24.2 Å². The maximum Gasteiger partial charge on any atom is 0.223 e. The van der Waals surface area contributed by atoms with Gasteiger partial charge in [-0.3, -0.25) is 4.79 Å². The third kappa shape index (κ3) is 5.99. The summed E-state index contributed by atoms with van der Waals surface area (Å²) >= 11 is 0. The summed E-state index contributed by atoms with van der Waals surface area (Å²) in [6.45, 7) is 14.5. The lowest BCUT2D eigenvalue weighted by Crippen LogP contribution is -2.56. The van der Waals surface area contributed by atoms with Gasteiger partial charge in [-0.1, -0.05) is 27.7 Å². The van der Waals surface area contributed by atoms with Crippen LogP contribution in [0.5, 0.6) is 5.75 Å². The third-order valence-corrected chi connectivity index (χ3v) is 7.85. The Bertz CT molecular complexity index is 936. The van der Waals surface area contributed by atoms with Crippen LogP contribution in [0.1, 0.15) is 84.4 Å². The molecule has 2 unspecified atom stereocenters. The molecule has 0 aromatic heterocycles. The van der Waals surface area contributed by atoms with Gasteiger partial charge in [0.25, 0.3) is 0 Å². The Balaban J connectivity index is 1.85. The highest BCUT2D eigenvalue weighted by molar-refractivity contribution is 5.79. The number of carbonyl (C=O) groups is 1. The number of amides is 1. The second-order valence-corrected chi connectivity index (χ2v) is 11.4. The van der Waals surface area contributed by atoms with Gasteiger partial charge in [0.1, 0.15) is 17.5 Å². The lowest BCUT2D eigenvalue weighted by atomic mass is 9.84. The Morgan fingerprint density at radius 2 is 1.89 bits per heavy atom. The predicted molar refractivity (Wildman–Crippen MR) is 134 cm³/mol. The molecule has 0 spiro atoms. The number of ether oxygens (including phenoxy) is 3. The maximum atomic E-state index is 12.9. The normalized spacial score (nSPS) is 24.7. The van der Waals surface area contributed by atoms with Crippen molar-refractivity contribution in [2.45, 2.75) is 85.0 Å². The highest BCUT2D eigenvalue weighted by Crippen LogP contribution is 2.46. The number of nitriles is 1. The van der Waals surface area contributed by atoms with E-state index >= 15 is 0 Å². The summed E-state index contributed by atoms with van der Waals surface area (Å²) in [5.74, 6) is 0.807. The van der Waals surface area contributed by atoms with Crippen LogP contribution in [0, 0.1) is 22.2 Å². The standard InChI is InChI=1S/C28H42N2O5/c1-7-27(5,16-31)17-33-18-28(6,8-2)19-34-25-24(30-13-9-10-23(30)32)21-14-20(15-29)11-12-22(21)35-26(25,3)4/h11-12,14,24-25,31H,7-10,13,16-19H2,1-6H3/t24-,25+,27?,28?/m1/s1. The molecule has 0 saturated carbocycles. The van der Waals surface area contributed by atoms with Crippen molar-refractivity contribution in [3.05, 3.63) is 29.3 Å². The Kier molecular flexibility index (Phi) is 8.52. The zero-order valence-electron chi connectivity index (χ0n) is 22.2. The van der Waals surface area contributed by atoms with Crippen LogP contribution in [0.2, 0.25) is 0 Å². The van der Waals surface area contributed by atoms with Crippen molar-refractivity contribution in [2.24, 2.45) is 10.8 Å². The molecule has 1 amide bonds. The fraction of sp³-hybridized carbons (Fsp3) is 0.714. The number of rotatable bonds is 11. The molecule has 1 aromatic rings. The van der Waals surface area contributed by atoms with Crippen LogP contribution in [0.25, 0.3) is 0 Å². The van der Waals surface area contributed by atoms with E-state index in [-0.39, 0.29) is 29.4 Å². The number of nitrogens with zero attached hydrogens (tertiary/aromatic N) is 2. The average molecular weight is 487 g/mol. The summed E-state index contributed by atoms with van der Waals surface area (Å²) in [6.07, 6.45) is 2.63. The van der Waals surface area contributed by atoms with Crippen LogP contribution >= 0.6 is 0 Å². The van der Waals surface area contributed by atoms with Gasteiger partial charge in [-0.2, -0.15) is 5.26 Å². The van der Waals surface area contributed by atoms with Crippen molar-refractivity contribution in [3.63, 3.8) is 0 Å². The van der Waals surface area contributed by atoms with E-state index in [0.717, 1.165) is 24.8 Å². The van der Waals surface area contributed by atoms with Gasteiger partial charge in [0.2, 0.25) is 5.91 Å². The van der Waals surface area contributed by atoms with E-state index in [0.29, 0.717) is 44.1 Å². The van der Waals surface area contributed by atoms with E-state index < -0.39 is 11.7 Å². The molecule has 4 atom stereocenters. The average Bonchev–Trinajstić information content (AvgIpc) is 3.26. The summed E-state index contributed by atoms with van der Waals surface area (Å²) in [6, 6.07) is 7.30. The van der Waals surface area contributed by atoms with Crippen molar-refractivity contribution in [1.82, 2.24) is 4.90 Å². The molecule has 1 aromatic carbocycles. The first kappa shape index (κ1) is 27.4. The molecule has 1 fully saturated rings. The fourth-order valence-electron chi connectivity index (χ4n) is 4.75. The summed E-state index contributed by atoms with van der Waals surface area (Å²) < 4.78 is 19.1. The Morgan fingerprint density at radius 1 is 1.20 bits per heavy atom. The van der Waals surface area contributed by atoms with Gasteiger partial charge in [0.05, 0.1) is 44.1 Å². The molecule has 0 radical (unpaired) electrons. The van der Waals surface area contributed by atoms with E-state index in [4.69, 9.17) is 14.2 Å². The molecular weight excluding hydrogens is 444 g/mol. The summed E-state index contributed by atoms with van der Waals surface area (Å²) in [4.78, 5) is 14.8. The zero-order valence-corrected chi connectivity index (χ0v) is 22.2. The number of likely N-dealkylation sites (tertiary alicyclic amines) is 1. The van der Waals surface area contributed by atoms with Crippen molar-refractivity contribution in [3.8, 4) is 11.8 Å². The molecule has 1 N–H and O–H groups in total. The largest absolute Gasteiger partial charge is 0.485 e. The second kappa shape index (κ2) is 10.9. The van der Waals surface area contributed by atoms with Crippen molar-refractivity contribution < 1.29 is 24.1 Å². The molecule has 7 heteroatoms. The number of carbonyl (C=O) groups excluding carboxylic acids is 1. The van der Waals surface area contributed by atoms with Gasteiger partial charge in [-0.05, 0) is 51.3 Å². The van der Waals surface area contributed by atoms with Gasteiger partial charge in [0, 0.05) is 29.4 Å². The predicted octanol–water partition coefficient (Wildman–Crippen LogP) is 4.62. The minimum Gasteiger partial charge on any atom is -0.485 e. The van der Waals surface area contributed by atoms with Crippen LogP contribution in [0.4, 0.5) is 0 Å². The van der Waals surface area contributed by atoms with Gasteiger partial charge in [0.15, 0.2) is 0 Å². The first-order valence-electron chi connectivity index (χ1n) is 12.8. The highest BCUT2D eigenvalue weighted by Gasteiger charge is 2.49. The smallest absolute Gasteiger partial charge is 0.223 e. The fourth-order valence-corrected chi connectivity index (χ4v) is 4.75. The molecule has 0 aliphatic carbocycles. The molecule has 194 valence electrons. The maximum absolute atomic E-state index is 12.9. The number of benzene rings is 1. The van der Waals surface area contributed by atoms with Crippen LogP contribution in [-0.4, -0.2) is 60.6 Å². The van der Waals surface area contributed by atoms with E-state index in [1.807, 2.05) is 37.8 Å². The molecule has 1 saturated heterocycles. The molecular formula is C28H42N2O5. The topological polar surface area (TPSA) is 92.0 Å². The molecule has 35 heavy (non-hydrogen) atoms. The number of hydrogen-bond donors (Lipinski definition) is 1. The minimum atomic E-state index is -0.679. The molecule has 2 aliphatic rings. The highest BCUT2D eigenvalue weighted by atomic mass is 16.6. The van der Waals surface area contributed by atoms with E-state index in [1.165, 1.54) is 0 Å². The van der Waals surface area contributed by atoms with E-state index in [1.54, 1.807) is 6.07 Å². The summed E-state index contributed by atoms with van der Waals surface area (Å²) in [5.41, 5.74) is 0.200. The number of fused-ring (bicyclic) bond motifs is 1. The summed E-state index contributed by atoms with van der Waals surface area (Å²) in [7, 11) is 0. The number of aliphatic hydroxyl groups is 1. The first-order chi connectivity index (χ1) is 16.5. The van der Waals surface area contributed by atoms with E-state index in [2.05, 4.69) is 26.8 Å². The minimum absolute atomic E-state index is 0.0894. The quantitative estimate of drug-likeness (QED) is 0.491. The molecule has 2 heterocycles. The van der Waals surface area contributed by atoms with Crippen LogP contribution < -0.4 is 4.74 Å². The van der Waals surface area contributed by atoms with E-state index in [9.17, 15) is 15.2 Å². The van der Waals surface area contributed by atoms with Crippen molar-refractivity contribution in [1.29, 1.82) is 5.26 Å². The molecule has 0 bridgehead atoms. The lowest BCUT2D eigenvalue weighted by molar-refractivity contribution is -0.160. The number of hydrogen-bond acceptors (Lipinski definition) is 6. The van der Waals surface area contributed by atoms with Gasteiger partial charge in [-0.15, -0.1) is 0 Å². The van der Waals surface area contributed by atoms with Crippen molar-refractivity contribution in [2.75, 3.05) is 33.0 Å². The number of aliphatic hydroxyl groups excluding tert-OH is 1. The van der Waals surface area contributed by atoms with Crippen LogP contribution in [-0.2, 0) is 14.3 Å². The summed E-state index contributed by atoms with van der Waals surface area (Å²) in [5, 5.41) is 19.2. The van der Waals surface area contributed by atoms with Crippen LogP contribution in [0.15, 0.2) is 18.2 Å². The first-order valence-corrected chi connectivity index (χ1v) is 12.8. The Labute approximate surface area is 210 Å². The SMILES string of the molecule is CCC(C)(CO)COCC(C)(CC)CO[C@H]1[C@H](N2CCCC2=O)c2cc(C#N)ccc2OC1(C)C. The molecule has 3 rings (SSSR count). The molecule has 2 aliphatic heterocycles. The van der Waals surface area contributed by atoms with Gasteiger partial charge in [-0.25, -0.2) is 0 Å². The Hall–Kier alpha value is -2.14.